The summed E-state index contributed by atoms with van der Waals surface area (Å²) < 4.78 is 5.05. The highest BCUT2D eigenvalue weighted by Crippen LogP contribution is 2.01. The highest BCUT2D eigenvalue weighted by atomic mass is 16.5. The zero-order valence-corrected chi connectivity index (χ0v) is 6.35. The average molecular weight is 169 g/mol. The Morgan fingerprint density at radius 1 is 1.75 bits per heavy atom. The number of hydrogen-bond acceptors (Lipinski definition) is 4. The van der Waals surface area contributed by atoms with E-state index in [1.807, 2.05) is 0 Å². The second kappa shape index (κ2) is 3.04. The zero-order chi connectivity index (χ0) is 9.14. The molecule has 0 aliphatic heterocycles. The molecule has 1 amide bonds. The minimum Gasteiger partial charge on any atom is -0.618 e. The molecule has 0 aromatic carbocycles. The molecule has 1 rings (SSSR count). The molecule has 1 aromatic heterocycles. The van der Waals surface area contributed by atoms with Crippen LogP contribution in [0.25, 0.3) is 0 Å². The van der Waals surface area contributed by atoms with E-state index in [2.05, 4.69) is 9.72 Å². The Kier molecular flexibility index (Phi) is 2.09. The highest BCUT2D eigenvalue weighted by molar-refractivity contribution is 5.90. The molecular formula is C6H7N3O3. The fraction of sp³-hybridized carbons (Fsp3) is 0.167. The van der Waals surface area contributed by atoms with Gasteiger partial charge in [0.05, 0.1) is 7.11 Å². The number of nitrogens with zero attached hydrogens (tertiary/aromatic N) is 2. The number of amides is 1. The van der Waals surface area contributed by atoms with E-state index in [9.17, 15) is 10.0 Å². The Hall–Kier alpha value is -1.85. The summed E-state index contributed by atoms with van der Waals surface area (Å²) in [6.07, 6.45) is 2.07. The second-order valence-electron chi connectivity index (χ2n) is 2.02. The highest BCUT2D eigenvalue weighted by Gasteiger charge is 2.09. The van der Waals surface area contributed by atoms with Crippen molar-refractivity contribution in [3.8, 4) is 5.88 Å². The maximum Gasteiger partial charge on any atom is 0.281 e. The third-order valence-corrected chi connectivity index (χ3v) is 1.18. The molecule has 6 nitrogen and oxygen atoms in total. The smallest absolute Gasteiger partial charge is 0.281 e. The van der Waals surface area contributed by atoms with E-state index in [1.54, 1.807) is 0 Å². The van der Waals surface area contributed by atoms with Crippen LogP contribution < -0.4 is 15.2 Å². The minimum atomic E-state index is -0.765. The molecule has 12 heavy (non-hydrogen) atoms. The second-order valence-corrected chi connectivity index (χ2v) is 2.02. The molecule has 6 heteroatoms. The van der Waals surface area contributed by atoms with Crippen LogP contribution in [0.3, 0.4) is 0 Å². The summed E-state index contributed by atoms with van der Waals surface area (Å²) in [6, 6.07) is 0. The van der Waals surface area contributed by atoms with Gasteiger partial charge in [-0.2, -0.15) is 9.71 Å². The van der Waals surface area contributed by atoms with Crippen molar-refractivity contribution in [2.45, 2.75) is 0 Å². The summed E-state index contributed by atoms with van der Waals surface area (Å²) in [6.45, 7) is 0. The monoisotopic (exact) mass is 169 g/mol. The number of ether oxygens (including phenoxy) is 1. The molecule has 1 aromatic rings. The summed E-state index contributed by atoms with van der Waals surface area (Å²) in [5.41, 5.74) is 4.78. The van der Waals surface area contributed by atoms with Gasteiger partial charge in [0.25, 0.3) is 11.8 Å². The first-order chi connectivity index (χ1) is 5.63. The van der Waals surface area contributed by atoms with Crippen molar-refractivity contribution in [2.75, 3.05) is 7.11 Å². The van der Waals surface area contributed by atoms with Gasteiger partial charge in [-0.15, -0.1) is 0 Å². The van der Waals surface area contributed by atoms with Gasteiger partial charge < -0.3 is 15.7 Å². The Bertz CT molecular complexity index is 313. The first-order valence-electron chi connectivity index (χ1n) is 3.08. The van der Waals surface area contributed by atoms with Gasteiger partial charge in [0.15, 0.2) is 5.69 Å². The van der Waals surface area contributed by atoms with E-state index < -0.39 is 5.91 Å². The number of aromatic nitrogens is 2. The minimum absolute atomic E-state index is 0.0568. The van der Waals surface area contributed by atoms with Crippen LogP contribution in [0.2, 0.25) is 0 Å². The lowest BCUT2D eigenvalue weighted by Crippen LogP contribution is -2.29. The lowest BCUT2D eigenvalue weighted by molar-refractivity contribution is -0.606. The molecule has 0 atom stereocenters. The van der Waals surface area contributed by atoms with Crippen molar-refractivity contribution in [1.82, 2.24) is 4.98 Å². The van der Waals surface area contributed by atoms with Crippen molar-refractivity contribution in [3.05, 3.63) is 23.3 Å². The quantitative estimate of drug-likeness (QED) is 0.445. The van der Waals surface area contributed by atoms with Crippen LogP contribution in [-0.2, 0) is 0 Å². The third kappa shape index (κ3) is 1.60. The van der Waals surface area contributed by atoms with Crippen molar-refractivity contribution >= 4 is 5.91 Å². The van der Waals surface area contributed by atoms with Crippen LogP contribution in [0, 0.1) is 5.21 Å². The molecule has 0 aliphatic rings. The fourth-order valence-corrected chi connectivity index (χ4v) is 0.660. The van der Waals surface area contributed by atoms with E-state index in [0.29, 0.717) is 4.73 Å². The van der Waals surface area contributed by atoms with Crippen LogP contribution in [0.15, 0.2) is 12.4 Å². The topological polar surface area (TPSA) is 92.1 Å². The van der Waals surface area contributed by atoms with E-state index in [4.69, 9.17) is 5.73 Å². The van der Waals surface area contributed by atoms with Gasteiger partial charge in [-0.05, 0) is 0 Å². The first kappa shape index (κ1) is 8.25. The van der Waals surface area contributed by atoms with Gasteiger partial charge in [0, 0.05) is 0 Å². The van der Waals surface area contributed by atoms with Crippen LogP contribution in [0.1, 0.15) is 10.5 Å². The molecule has 2 N–H and O–H groups in total. The zero-order valence-electron chi connectivity index (χ0n) is 6.35. The molecule has 0 aliphatic carbocycles. The van der Waals surface area contributed by atoms with Crippen molar-refractivity contribution in [2.24, 2.45) is 5.73 Å². The van der Waals surface area contributed by atoms with Gasteiger partial charge in [0.2, 0.25) is 12.4 Å². The van der Waals surface area contributed by atoms with Gasteiger partial charge in [0.1, 0.15) is 0 Å². The Labute approximate surface area is 68.2 Å². The molecule has 0 spiro atoms. The number of nitrogens with two attached hydrogens (primary N) is 1. The van der Waals surface area contributed by atoms with Crippen molar-refractivity contribution in [1.29, 1.82) is 0 Å². The van der Waals surface area contributed by atoms with E-state index in [0.717, 1.165) is 12.4 Å². The number of carbonyl (C=O) groups excluding carboxylic acids is 1. The fourth-order valence-electron chi connectivity index (χ4n) is 0.660. The molecule has 64 valence electrons. The summed E-state index contributed by atoms with van der Waals surface area (Å²) >= 11 is 0. The molecule has 0 bridgehead atoms. The maximum atomic E-state index is 10.8. The lowest BCUT2D eigenvalue weighted by atomic mass is 10.4. The van der Waals surface area contributed by atoms with Gasteiger partial charge >= 0.3 is 0 Å². The largest absolute Gasteiger partial charge is 0.618 e. The Balaban J connectivity index is 3.15. The van der Waals surface area contributed by atoms with E-state index >= 15 is 0 Å². The molecule has 0 unspecified atom stereocenters. The van der Waals surface area contributed by atoms with E-state index in [1.165, 1.54) is 7.11 Å². The molecule has 0 saturated heterocycles. The number of rotatable bonds is 2. The summed E-state index contributed by atoms with van der Waals surface area (Å²) in [5, 5.41) is 10.8. The third-order valence-electron chi connectivity index (χ3n) is 1.18. The average Bonchev–Trinajstić information content (AvgIpc) is 2.03. The van der Waals surface area contributed by atoms with Gasteiger partial charge in [-0.25, -0.2) is 0 Å². The van der Waals surface area contributed by atoms with Gasteiger partial charge in [-0.1, -0.05) is 0 Å². The molecular weight excluding hydrogens is 162 g/mol. The number of hydrogen-bond donors (Lipinski definition) is 1. The number of carbonyl (C=O) groups is 1. The molecule has 0 saturated carbocycles. The number of methoxy groups -OCH3 is 1. The summed E-state index contributed by atoms with van der Waals surface area (Å²) in [4.78, 5) is 14.2. The molecule has 0 fully saturated rings. The Morgan fingerprint density at radius 2 is 2.42 bits per heavy atom. The van der Waals surface area contributed by atoms with Crippen molar-refractivity contribution < 1.29 is 14.3 Å². The van der Waals surface area contributed by atoms with Crippen LogP contribution >= 0.6 is 0 Å². The SMILES string of the molecule is COc1c[n+]([O-])cc(C(N)=O)n1. The normalized spacial score (nSPS) is 9.42. The predicted octanol–water partition coefficient (Wildman–Crippen LogP) is -1.18. The summed E-state index contributed by atoms with van der Waals surface area (Å²) in [5.74, 6) is -0.709. The number of primary amides is 1. The molecule has 1 heterocycles. The molecule has 0 radical (unpaired) electrons. The van der Waals surface area contributed by atoms with Crippen LogP contribution in [0.5, 0.6) is 5.88 Å². The van der Waals surface area contributed by atoms with Crippen LogP contribution in [-0.4, -0.2) is 18.0 Å². The maximum absolute atomic E-state index is 10.8. The predicted molar refractivity (Wildman–Crippen MR) is 38.3 cm³/mol. The standard InChI is InChI=1S/C6H7N3O3/c1-12-5-3-9(11)2-4(8-5)6(7)10/h2-3H,1H3,(H2,7,10). The lowest BCUT2D eigenvalue weighted by Gasteiger charge is -2.00. The van der Waals surface area contributed by atoms with Crippen LogP contribution in [0.4, 0.5) is 0 Å². The van der Waals surface area contributed by atoms with Gasteiger partial charge in [-0.3, -0.25) is 4.79 Å². The van der Waals surface area contributed by atoms with E-state index in [-0.39, 0.29) is 11.6 Å². The Morgan fingerprint density at radius 3 is 2.92 bits per heavy atom. The first-order valence-corrected chi connectivity index (χ1v) is 3.08. The van der Waals surface area contributed by atoms with Crippen molar-refractivity contribution in [3.63, 3.8) is 0 Å². The summed E-state index contributed by atoms with van der Waals surface area (Å²) in [7, 11) is 1.34.